The summed E-state index contributed by atoms with van der Waals surface area (Å²) in [5.74, 6) is 0.345. The van der Waals surface area contributed by atoms with Crippen LogP contribution in [0.5, 0.6) is 0 Å². The van der Waals surface area contributed by atoms with Crippen molar-refractivity contribution in [3.63, 3.8) is 0 Å². The minimum Gasteiger partial charge on any atom is -0.317 e. The smallest absolute Gasteiger partial charge is 0.136 e. The number of Topliss-reactive ketones (excluding diaryl/α,β-unsaturated/α-hetero) is 1. The Morgan fingerprint density at radius 1 is 1.25 bits per heavy atom. The topological polar surface area (TPSA) is 29.1 Å². The summed E-state index contributed by atoms with van der Waals surface area (Å²) in [7, 11) is 0. The molecule has 1 aromatic carbocycles. The van der Waals surface area contributed by atoms with Crippen molar-refractivity contribution in [2.75, 3.05) is 13.1 Å². The summed E-state index contributed by atoms with van der Waals surface area (Å²) >= 11 is 0. The first-order valence-electron chi connectivity index (χ1n) is 5.99. The highest BCUT2D eigenvalue weighted by molar-refractivity contribution is 5.82. The van der Waals surface area contributed by atoms with Gasteiger partial charge in [0.1, 0.15) is 5.78 Å². The van der Waals surface area contributed by atoms with E-state index in [9.17, 15) is 4.79 Å². The molecule has 1 fully saturated rings. The van der Waals surface area contributed by atoms with Crippen molar-refractivity contribution >= 4 is 5.78 Å². The number of hydrogen-bond acceptors (Lipinski definition) is 2. The first kappa shape index (κ1) is 11.3. The zero-order chi connectivity index (χ0) is 11.4. The molecule has 1 heterocycles. The van der Waals surface area contributed by atoms with Crippen LogP contribution in [-0.4, -0.2) is 18.9 Å². The van der Waals surface area contributed by atoms with Crippen molar-refractivity contribution in [2.45, 2.75) is 26.2 Å². The lowest BCUT2D eigenvalue weighted by Gasteiger charge is -2.35. The predicted octanol–water partition coefficient (Wildman–Crippen LogP) is 2.19. The third kappa shape index (κ3) is 2.33. The molecule has 1 saturated heterocycles. The van der Waals surface area contributed by atoms with Gasteiger partial charge < -0.3 is 5.32 Å². The maximum atomic E-state index is 11.9. The highest BCUT2D eigenvalue weighted by Crippen LogP contribution is 2.33. The Morgan fingerprint density at radius 3 is 2.44 bits per heavy atom. The number of carbonyl (C=O) groups is 1. The average Bonchev–Trinajstić information content (AvgIpc) is 2.31. The third-order valence-electron chi connectivity index (χ3n) is 3.69. The molecule has 0 saturated carbocycles. The highest BCUT2D eigenvalue weighted by Gasteiger charge is 2.36. The van der Waals surface area contributed by atoms with Crippen molar-refractivity contribution in [2.24, 2.45) is 5.41 Å². The number of nitrogens with one attached hydrogen (secondary N) is 1. The Labute approximate surface area is 97.1 Å². The Kier molecular flexibility index (Phi) is 3.39. The molecule has 16 heavy (non-hydrogen) atoms. The van der Waals surface area contributed by atoms with Gasteiger partial charge in [0.05, 0.1) is 0 Å². The molecule has 86 valence electrons. The van der Waals surface area contributed by atoms with E-state index in [1.165, 1.54) is 5.56 Å². The van der Waals surface area contributed by atoms with Crippen molar-refractivity contribution in [3.05, 3.63) is 35.9 Å². The standard InChI is InChI=1S/C14H19NO/c1-12(16)14(7-9-15-10-8-14)11-13-5-3-2-4-6-13/h2-6,15H,7-11H2,1H3. The van der Waals surface area contributed by atoms with Gasteiger partial charge in [0, 0.05) is 5.41 Å². The Morgan fingerprint density at radius 2 is 1.88 bits per heavy atom. The number of benzene rings is 1. The van der Waals surface area contributed by atoms with E-state index in [0.717, 1.165) is 32.4 Å². The number of rotatable bonds is 3. The molecule has 2 nitrogen and oxygen atoms in total. The molecular weight excluding hydrogens is 198 g/mol. The molecular formula is C14H19NO. The summed E-state index contributed by atoms with van der Waals surface area (Å²) in [6, 6.07) is 10.3. The van der Waals surface area contributed by atoms with Crippen LogP contribution in [0.4, 0.5) is 0 Å². The molecule has 0 bridgehead atoms. The van der Waals surface area contributed by atoms with E-state index in [0.29, 0.717) is 5.78 Å². The van der Waals surface area contributed by atoms with Gasteiger partial charge in [0.2, 0.25) is 0 Å². The molecule has 0 atom stereocenters. The Balaban J connectivity index is 2.17. The average molecular weight is 217 g/mol. The van der Waals surface area contributed by atoms with Gasteiger partial charge in [-0.15, -0.1) is 0 Å². The van der Waals surface area contributed by atoms with Gasteiger partial charge in [-0.1, -0.05) is 30.3 Å². The van der Waals surface area contributed by atoms with Crippen LogP contribution in [0.3, 0.4) is 0 Å². The molecule has 0 aliphatic carbocycles. The van der Waals surface area contributed by atoms with Crippen molar-refractivity contribution < 1.29 is 4.79 Å². The van der Waals surface area contributed by atoms with E-state index < -0.39 is 0 Å². The van der Waals surface area contributed by atoms with E-state index in [-0.39, 0.29) is 5.41 Å². The summed E-state index contributed by atoms with van der Waals surface area (Å²) in [4.78, 5) is 11.9. The third-order valence-corrected chi connectivity index (χ3v) is 3.69. The van der Waals surface area contributed by atoms with Crippen LogP contribution in [0.25, 0.3) is 0 Å². The molecule has 2 heteroatoms. The molecule has 1 aliphatic heterocycles. The predicted molar refractivity (Wildman–Crippen MR) is 65.4 cm³/mol. The van der Waals surface area contributed by atoms with Crippen molar-refractivity contribution in [1.29, 1.82) is 0 Å². The number of ketones is 1. The fraction of sp³-hybridized carbons (Fsp3) is 0.500. The first-order chi connectivity index (χ1) is 7.73. The van der Waals surface area contributed by atoms with Crippen LogP contribution in [0.15, 0.2) is 30.3 Å². The van der Waals surface area contributed by atoms with E-state index in [1.54, 1.807) is 6.92 Å². The Bertz CT molecular complexity index is 352. The quantitative estimate of drug-likeness (QED) is 0.841. The largest absolute Gasteiger partial charge is 0.317 e. The summed E-state index contributed by atoms with van der Waals surface area (Å²) in [5, 5.41) is 3.33. The summed E-state index contributed by atoms with van der Waals surface area (Å²) in [6.45, 7) is 3.67. The number of carbonyl (C=O) groups excluding carboxylic acids is 1. The molecule has 2 rings (SSSR count). The second kappa shape index (κ2) is 4.79. The van der Waals surface area contributed by atoms with Gasteiger partial charge in [0.15, 0.2) is 0 Å². The summed E-state index contributed by atoms with van der Waals surface area (Å²) in [6.07, 6.45) is 2.83. The van der Waals surface area contributed by atoms with E-state index >= 15 is 0 Å². The van der Waals surface area contributed by atoms with E-state index in [1.807, 2.05) is 18.2 Å². The summed E-state index contributed by atoms with van der Waals surface area (Å²) < 4.78 is 0. The molecule has 0 unspecified atom stereocenters. The van der Waals surface area contributed by atoms with Crippen LogP contribution in [-0.2, 0) is 11.2 Å². The minimum absolute atomic E-state index is 0.118. The van der Waals surface area contributed by atoms with Gasteiger partial charge >= 0.3 is 0 Å². The highest BCUT2D eigenvalue weighted by atomic mass is 16.1. The maximum Gasteiger partial charge on any atom is 0.136 e. The van der Waals surface area contributed by atoms with Crippen LogP contribution < -0.4 is 5.32 Å². The van der Waals surface area contributed by atoms with Crippen molar-refractivity contribution in [3.8, 4) is 0 Å². The number of hydrogen-bond donors (Lipinski definition) is 1. The van der Waals surface area contributed by atoms with Crippen LogP contribution in [0.2, 0.25) is 0 Å². The first-order valence-corrected chi connectivity index (χ1v) is 5.99. The second-order valence-corrected chi connectivity index (χ2v) is 4.75. The lowest BCUT2D eigenvalue weighted by Crippen LogP contribution is -2.42. The van der Waals surface area contributed by atoms with Gasteiger partial charge in [-0.05, 0) is 44.8 Å². The molecule has 0 aromatic heterocycles. The van der Waals surface area contributed by atoms with Crippen LogP contribution in [0, 0.1) is 5.41 Å². The fourth-order valence-electron chi connectivity index (χ4n) is 2.55. The van der Waals surface area contributed by atoms with Gasteiger partial charge in [-0.25, -0.2) is 0 Å². The van der Waals surface area contributed by atoms with Gasteiger partial charge in [-0.3, -0.25) is 4.79 Å². The monoisotopic (exact) mass is 217 g/mol. The van der Waals surface area contributed by atoms with Crippen LogP contribution >= 0.6 is 0 Å². The summed E-state index contributed by atoms with van der Waals surface area (Å²) in [5.41, 5.74) is 1.16. The Hall–Kier alpha value is -1.15. The van der Waals surface area contributed by atoms with Gasteiger partial charge in [-0.2, -0.15) is 0 Å². The lowest BCUT2D eigenvalue weighted by molar-refractivity contribution is -0.128. The molecule has 1 aromatic rings. The normalized spacial score (nSPS) is 19.3. The zero-order valence-corrected chi connectivity index (χ0v) is 9.83. The van der Waals surface area contributed by atoms with Gasteiger partial charge in [0.25, 0.3) is 0 Å². The van der Waals surface area contributed by atoms with E-state index in [4.69, 9.17) is 0 Å². The zero-order valence-electron chi connectivity index (χ0n) is 9.83. The van der Waals surface area contributed by atoms with Crippen LogP contribution in [0.1, 0.15) is 25.3 Å². The minimum atomic E-state index is -0.118. The number of piperidine rings is 1. The molecule has 0 spiro atoms. The fourth-order valence-corrected chi connectivity index (χ4v) is 2.55. The molecule has 1 N–H and O–H groups in total. The maximum absolute atomic E-state index is 11.9. The second-order valence-electron chi connectivity index (χ2n) is 4.75. The SMILES string of the molecule is CC(=O)C1(Cc2ccccc2)CCNCC1. The molecule has 1 aliphatic rings. The molecule has 0 radical (unpaired) electrons. The van der Waals surface area contributed by atoms with Crippen molar-refractivity contribution in [1.82, 2.24) is 5.32 Å². The molecule has 0 amide bonds. The van der Waals surface area contributed by atoms with E-state index in [2.05, 4.69) is 17.4 Å². The lowest BCUT2D eigenvalue weighted by atomic mass is 9.71.